The van der Waals surface area contributed by atoms with Gasteiger partial charge in [0, 0.05) is 18.6 Å². The Bertz CT molecular complexity index is 567. The third-order valence-corrected chi connectivity index (χ3v) is 4.64. The highest BCUT2D eigenvalue weighted by molar-refractivity contribution is 5.86. The van der Waals surface area contributed by atoms with Gasteiger partial charge in [0.15, 0.2) is 0 Å². The Morgan fingerprint density at radius 2 is 2.00 bits per heavy atom. The maximum absolute atomic E-state index is 3.49. The van der Waals surface area contributed by atoms with Crippen molar-refractivity contribution in [3.63, 3.8) is 0 Å². The van der Waals surface area contributed by atoms with Crippen LogP contribution in [0.3, 0.4) is 0 Å². The molecule has 0 aromatic heterocycles. The highest BCUT2D eigenvalue weighted by Gasteiger charge is 2.26. The van der Waals surface area contributed by atoms with Crippen molar-refractivity contribution in [3.05, 3.63) is 48.0 Å². The van der Waals surface area contributed by atoms with Crippen molar-refractivity contribution in [1.82, 2.24) is 10.2 Å². The number of likely N-dealkylation sites (N-methyl/N-ethyl adjacent to an activating group) is 1. The van der Waals surface area contributed by atoms with Gasteiger partial charge in [-0.15, -0.1) is 0 Å². The van der Waals surface area contributed by atoms with Gasteiger partial charge >= 0.3 is 0 Å². The molecule has 0 saturated carbocycles. The van der Waals surface area contributed by atoms with Crippen LogP contribution in [0, 0.1) is 0 Å². The summed E-state index contributed by atoms with van der Waals surface area (Å²) in [6.45, 7) is 8.02. The van der Waals surface area contributed by atoms with Crippen LogP contribution in [0.5, 0.6) is 0 Å². The van der Waals surface area contributed by atoms with Crippen LogP contribution in [0.4, 0.5) is 0 Å². The Balaban J connectivity index is 1.96. The number of benzene rings is 2. The van der Waals surface area contributed by atoms with Crippen molar-refractivity contribution in [2.45, 2.75) is 32.4 Å². The summed E-state index contributed by atoms with van der Waals surface area (Å²) >= 11 is 0. The van der Waals surface area contributed by atoms with E-state index >= 15 is 0 Å². The molecule has 2 atom stereocenters. The van der Waals surface area contributed by atoms with E-state index < -0.39 is 0 Å². The molecule has 20 heavy (non-hydrogen) atoms. The molecular weight excluding hydrogens is 244 g/mol. The van der Waals surface area contributed by atoms with Gasteiger partial charge in [-0.1, -0.05) is 49.4 Å². The van der Waals surface area contributed by atoms with Crippen LogP contribution in [0.2, 0.25) is 0 Å². The third kappa shape index (κ3) is 2.46. The quantitative estimate of drug-likeness (QED) is 0.911. The fraction of sp³-hybridized carbons (Fsp3) is 0.444. The molecule has 0 bridgehead atoms. The van der Waals surface area contributed by atoms with Crippen molar-refractivity contribution in [2.24, 2.45) is 0 Å². The minimum absolute atomic E-state index is 0.469. The van der Waals surface area contributed by atoms with E-state index in [1.807, 2.05) is 0 Å². The number of nitrogens with zero attached hydrogens (tertiary/aromatic N) is 1. The largest absolute Gasteiger partial charge is 0.315 e. The molecule has 106 valence electrons. The first kappa shape index (κ1) is 13.6. The third-order valence-electron chi connectivity index (χ3n) is 4.64. The minimum Gasteiger partial charge on any atom is -0.315 e. The first-order valence-corrected chi connectivity index (χ1v) is 7.75. The Labute approximate surface area is 121 Å². The van der Waals surface area contributed by atoms with E-state index in [2.05, 4.69) is 66.5 Å². The molecule has 0 spiro atoms. The van der Waals surface area contributed by atoms with Gasteiger partial charge in [0.05, 0.1) is 0 Å². The lowest BCUT2D eigenvalue weighted by molar-refractivity contribution is 0.163. The van der Waals surface area contributed by atoms with Gasteiger partial charge in [-0.3, -0.25) is 4.90 Å². The molecule has 2 unspecified atom stereocenters. The highest BCUT2D eigenvalue weighted by atomic mass is 15.2. The summed E-state index contributed by atoms with van der Waals surface area (Å²) < 4.78 is 0. The molecule has 1 N–H and O–H groups in total. The topological polar surface area (TPSA) is 15.3 Å². The van der Waals surface area contributed by atoms with Crippen LogP contribution in [0.15, 0.2) is 42.5 Å². The zero-order valence-electron chi connectivity index (χ0n) is 12.5. The smallest absolute Gasteiger partial charge is 0.0329 e. The Morgan fingerprint density at radius 3 is 2.75 bits per heavy atom. The molecule has 1 aliphatic rings. The number of nitrogens with one attached hydrogen (secondary N) is 1. The van der Waals surface area contributed by atoms with E-state index in [1.54, 1.807) is 0 Å². The molecule has 0 aliphatic carbocycles. The second-order valence-electron chi connectivity index (χ2n) is 5.72. The SMILES string of the molecule is CCN(C1CCNC1)C(C)c1cccc2ccccc12. The first-order valence-electron chi connectivity index (χ1n) is 7.75. The minimum atomic E-state index is 0.469. The van der Waals surface area contributed by atoms with Gasteiger partial charge in [-0.05, 0) is 42.8 Å². The summed E-state index contributed by atoms with van der Waals surface area (Å²) in [6.07, 6.45) is 1.27. The van der Waals surface area contributed by atoms with Crippen LogP contribution < -0.4 is 5.32 Å². The lowest BCUT2D eigenvalue weighted by Gasteiger charge is -2.34. The highest BCUT2D eigenvalue weighted by Crippen LogP contribution is 2.30. The fourth-order valence-corrected chi connectivity index (χ4v) is 3.56. The standard InChI is InChI=1S/C18H24N2/c1-3-20(16-11-12-19-13-16)14(2)17-10-6-8-15-7-4-5-9-18(15)17/h4-10,14,16,19H,3,11-13H2,1-2H3. The molecule has 0 amide bonds. The molecule has 3 rings (SSSR count). The van der Waals surface area contributed by atoms with Crippen LogP contribution in [0.25, 0.3) is 10.8 Å². The van der Waals surface area contributed by atoms with E-state index in [9.17, 15) is 0 Å². The predicted molar refractivity (Wildman–Crippen MR) is 86.0 cm³/mol. The van der Waals surface area contributed by atoms with Crippen molar-refractivity contribution in [1.29, 1.82) is 0 Å². The molecule has 0 radical (unpaired) electrons. The normalized spacial score (nSPS) is 20.6. The molecule has 2 nitrogen and oxygen atoms in total. The molecule has 2 aromatic rings. The lowest BCUT2D eigenvalue weighted by atomic mass is 9.97. The number of hydrogen-bond donors (Lipinski definition) is 1. The summed E-state index contributed by atoms with van der Waals surface area (Å²) in [6, 6.07) is 16.6. The van der Waals surface area contributed by atoms with E-state index in [0.29, 0.717) is 12.1 Å². The fourth-order valence-electron chi connectivity index (χ4n) is 3.56. The second kappa shape index (κ2) is 5.94. The molecule has 2 heteroatoms. The maximum Gasteiger partial charge on any atom is 0.0329 e. The monoisotopic (exact) mass is 268 g/mol. The first-order chi connectivity index (χ1) is 9.81. The second-order valence-corrected chi connectivity index (χ2v) is 5.72. The zero-order valence-corrected chi connectivity index (χ0v) is 12.5. The predicted octanol–water partition coefficient (Wildman–Crippen LogP) is 3.58. The number of rotatable bonds is 4. The van der Waals surface area contributed by atoms with Gasteiger partial charge in [0.25, 0.3) is 0 Å². The van der Waals surface area contributed by atoms with Crippen molar-refractivity contribution >= 4 is 10.8 Å². The molecule has 2 aromatic carbocycles. The average molecular weight is 268 g/mol. The number of fused-ring (bicyclic) bond motifs is 1. The summed E-state index contributed by atoms with van der Waals surface area (Å²) in [5, 5.41) is 6.23. The zero-order chi connectivity index (χ0) is 13.9. The van der Waals surface area contributed by atoms with Gasteiger partial charge in [0.1, 0.15) is 0 Å². The van der Waals surface area contributed by atoms with Crippen molar-refractivity contribution in [3.8, 4) is 0 Å². The average Bonchev–Trinajstić information content (AvgIpc) is 3.01. The lowest BCUT2D eigenvalue weighted by Crippen LogP contribution is -2.38. The van der Waals surface area contributed by atoms with Crippen LogP contribution in [0.1, 0.15) is 31.9 Å². The van der Waals surface area contributed by atoms with Gasteiger partial charge in [-0.2, -0.15) is 0 Å². The van der Waals surface area contributed by atoms with E-state index in [1.165, 1.54) is 22.8 Å². The Hall–Kier alpha value is -1.38. The van der Waals surface area contributed by atoms with Crippen LogP contribution in [-0.2, 0) is 0 Å². The van der Waals surface area contributed by atoms with E-state index in [-0.39, 0.29) is 0 Å². The Kier molecular flexibility index (Phi) is 4.04. The van der Waals surface area contributed by atoms with Crippen LogP contribution in [-0.4, -0.2) is 30.6 Å². The van der Waals surface area contributed by atoms with Crippen molar-refractivity contribution in [2.75, 3.05) is 19.6 Å². The molecule has 1 aliphatic heterocycles. The van der Waals surface area contributed by atoms with E-state index in [4.69, 9.17) is 0 Å². The molecule has 1 fully saturated rings. The van der Waals surface area contributed by atoms with Crippen molar-refractivity contribution < 1.29 is 0 Å². The summed E-state index contributed by atoms with van der Waals surface area (Å²) in [5.74, 6) is 0. The molecule has 1 saturated heterocycles. The summed E-state index contributed by atoms with van der Waals surface area (Å²) in [5.41, 5.74) is 1.46. The molecule has 1 heterocycles. The number of hydrogen-bond acceptors (Lipinski definition) is 2. The summed E-state index contributed by atoms with van der Waals surface area (Å²) in [7, 11) is 0. The van der Waals surface area contributed by atoms with Gasteiger partial charge < -0.3 is 5.32 Å². The summed E-state index contributed by atoms with van der Waals surface area (Å²) in [4.78, 5) is 2.64. The van der Waals surface area contributed by atoms with Gasteiger partial charge in [0.2, 0.25) is 0 Å². The van der Waals surface area contributed by atoms with Gasteiger partial charge in [-0.25, -0.2) is 0 Å². The van der Waals surface area contributed by atoms with Crippen LogP contribution >= 0.6 is 0 Å². The molecular formula is C18H24N2. The maximum atomic E-state index is 3.49. The van der Waals surface area contributed by atoms with E-state index in [0.717, 1.165) is 19.6 Å². The Morgan fingerprint density at radius 1 is 1.20 bits per heavy atom.